The van der Waals surface area contributed by atoms with Gasteiger partial charge in [-0.05, 0) is 31.0 Å². The number of halogens is 3. The number of para-hydroxylation sites is 1. The van der Waals surface area contributed by atoms with E-state index in [0.29, 0.717) is 18.7 Å². The highest BCUT2D eigenvalue weighted by atomic mass is 19.4. The van der Waals surface area contributed by atoms with Gasteiger partial charge in [0.25, 0.3) is 0 Å². The van der Waals surface area contributed by atoms with Gasteiger partial charge in [-0.1, -0.05) is 18.2 Å². The summed E-state index contributed by atoms with van der Waals surface area (Å²) in [6.07, 6.45) is -3.07. The third-order valence-corrected chi connectivity index (χ3v) is 4.51. The van der Waals surface area contributed by atoms with Crippen LogP contribution in [0.4, 0.5) is 13.2 Å². The maximum absolute atomic E-state index is 12.6. The van der Waals surface area contributed by atoms with Crippen molar-refractivity contribution in [3.63, 3.8) is 0 Å². The quantitative estimate of drug-likeness (QED) is 0.833. The Morgan fingerprint density at radius 2 is 2.08 bits per heavy atom. The number of aromatic nitrogens is 2. The molecule has 1 fully saturated rings. The highest BCUT2D eigenvalue weighted by Crippen LogP contribution is 2.37. The van der Waals surface area contributed by atoms with Gasteiger partial charge in [0.05, 0.1) is 17.3 Å². The lowest BCUT2D eigenvalue weighted by atomic mass is 9.97. The van der Waals surface area contributed by atoms with E-state index in [9.17, 15) is 18.0 Å². The van der Waals surface area contributed by atoms with Crippen LogP contribution in [0.5, 0.6) is 0 Å². The molecule has 3 rings (SSSR count). The van der Waals surface area contributed by atoms with Crippen LogP contribution in [0.3, 0.4) is 0 Å². The predicted octanol–water partition coefficient (Wildman–Crippen LogP) is 3.28. The van der Waals surface area contributed by atoms with Crippen molar-refractivity contribution in [2.75, 3.05) is 20.2 Å². The highest BCUT2D eigenvalue weighted by Gasteiger charge is 2.41. The standard InChI is InChI=1S/C18H20F3N3O2/c1-12-5-3-4-6-14(12)24-15(7-9-22-24)16-13(8-10-26-16)17(25)23(2)11-18(19,20)21/h3-7,9,13,16H,8,10-11H2,1-2H3/t13-,16-/m0/s1. The number of aryl methyl sites for hydroxylation is 1. The van der Waals surface area contributed by atoms with Crippen LogP contribution in [-0.4, -0.2) is 47.0 Å². The van der Waals surface area contributed by atoms with E-state index in [4.69, 9.17) is 4.74 Å². The first-order chi connectivity index (χ1) is 12.3. The van der Waals surface area contributed by atoms with Crippen molar-refractivity contribution in [2.45, 2.75) is 25.6 Å². The fourth-order valence-electron chi connectivity index (χ4n) is 3.30. The molecular formula is C18H20F3N3O2. The van der Waals surface area contributed by atoms with Gasteiger partial charge in [0.2, 0.25) is 5.91 Å². The molecule has 2 atom stereocenters. The Bertz CT molecular complexity index is 788. The highest BCUT2D eigenvalue weighted by molar-refractivity contribution is 5.79. The minimum Gasteiger partial charge on any atom is -0.371 e. The molecule has 1 aromatic heterocycles. The molecule has 1 aliphatic rings. The Hall–Kier alpha value is -2.35. The van der Waals surface area contributed by atoms with Crippen molar-refractivity contribution in [3.8, 4) is 5.69 Å². The van der Waals surface area contributed by atoms with Crippen molar-refractivity contribution >= 4 is 5.91 Å². The predicted molar refractivity (Wildman–Crippen MR) is 88.8 cm³/mol. The van der Waals surface area contributed by atoms with E-state index in [1.165, 1.54) is 7.05 Å². The van der Waals surface area contributed by atoms with Crippen LogP contribution < -0.4 is 0 Å². The third kappa shape index (κ3) is 3.75. The second-order valence-corrected chi connectivity index (χ2v) is 6.45. The van der Waals surface area contributed by atoms with Gasteiger partial charge in [-0.15, -0.1) is 0 Å². The monoisotopic (exact) mass is 367 g/mol. The van der Waals surface area contributed by atoms with Gasteiger partial charge < -0.3 is 9.64 Å². The molecule has 140 valence electrons. The number of rotatable bonds is 4. The summed E-state index contributed by atoms with van der Waals surface area (Å²) in [7, 11) is 1.17. The first kappa shape index (κ1) is 18.4. The second-order valence-electron chi connectivity index (χ2n) is 6.45. The van der Waals surface area contributed by atoms with Gasteiger partial charge in [0, 0.05) is 19.9 Å². The van der Waals surface area contributed by atoms with Gasteiger partial charge in [0.1, 0.15) is 12.6 Å². The largest absolute Gasteiger partial charge is 0.406 e. The molecule has 1 saturated heterocycles. The first-order valence-corrected chi connectivity index (χ1v) is 8.31. The number of ether oxygens (including phenoxy) is 1. The van der Waals surface area contributed by atoms with Crippen LogP contribution in [0.15, 0.2) is 36.5 Å². The van der Waals surface area contributed by atoms with Crippen LogP contribution in [0.1, 0.15) is 23.8 Å². The summed E-state index contributed by atoms with van der Waals surface area (Å²) in [6.45, 7) is 0.988. The minimum atomic E-state index is -4.43. The van der Waals surface area contributed by atoms with E-state index >= 15 is 0 Å². The molecule has 0 saturated carbocycles. The van der Waals surface area contributed by atoms with Crippen molar-refractivity contribution < 1.29 is 22.7 Å². The molecule has 2 aromatic rings. The Balaban J connectivity index is 1.87. The van der Waals surface area contributed by atoms with Crippen molar-refractivity contribution in [2.24, 2.45) is 5.92 Å². The van der Waals surface area contributed by atoms with Crippen LogP contribution in [-0.2, 0) is 9.53 Å². The zero-order valence-electron chi connectivity index (χ0n) is 14.5. The number of hydrogen-bond donors (Lipinski definition) is 0. The lowest BCUT2D eigenvalue weighted by Gasteiger charge is -2.25. The zero-order chi connectivity index (χ0) is 18.9. The molecule has 1 amide bonds. The van der Waals surface area contributed by atoms with Crippen LogP contribution in [0.25, 0.3) is 5.69 Å². The molecule has 5 nitrogen and oxygen atoms in total. The Morgan fingerprint density at radius 3 is 2.77 bits per heavy atom. The van der Waals surface area contributed by atoms with E-state index < -0.39 is 30.7 Å². The average molecular weight is 367 g/mol. The van der Waals surface area contributed by atoms with Gasteiger partial charge >= 0.3 is 6.18 Å². The molecule has 1 aromatic carbocycles. The number of benzene rings is 1. The number of carbonyl (C=O) groups excluding carboxylic acids is 1. The van der Waals surface area contributed by atoms with Gasteiger partial charge in [-0.2, -0.15) is 18.3 Å². The summed E-state index contributed by atoms with van der Waals surface area (Å²) < 4.78 is 45.3. The fourth-order valence-corrected chi connectivity index (χ4v) is 3.30. The van der Waals surface area contributed by atoms with E-state index in [2.05, 4.69) is 5.10 Å². The van der Waals surface area contributed by atoms with Gasteiger partial charge in [0.15, 0.2) is 0 Å². The lowest BCUT2D eigenvalue weighted by molar-refractivity contribution is -0.162. The van der Waals surface area contributed by atoms with Gasteiger partial charge in [-0.3, -0.25) is 4.79 Å². The zero-order valence-corrected chi connectivity index (χ0v) is 14.5. The third-order valence-electron chi connectivity index (χ3n) is 4.51. The summed E-state index contributed by atoms with van der Waals surface area (Å²) >= 11 is 0. The van der Waals surface area contributed by atoms with Crippen LogP contribution >= 0.6 is 0 Å². The molecule has 0 N–H and O–H groups in total. The number of amides is 1. The second kappa shape index (κ2) is 7.11. The summed E-state index contributed by atoms with van der Waals surface area (Å²) in [6, 6.07) is 9.37. The first-order valence-electron chi connectivity index (χ1n) is 8.31. The maximum atomic E-state index is 12.6. The van der Waals surface area contributed by atoms with Crippen molar-refractivity contribution in [1.29, 1.82) is 0 Å². The molecule has 1 aliphatic heterocycles. The number of carbonyl (C=O) groups is 1. The van der Waals surface area contributed by atoms with Crippen LogP contribution in [0, 0.1) is 12.8 Å². The lowest BCUT2D eigenvalue weighted by Crippen LogP contribution is -2.40. The minimum absolute atomic E-state index is 0.319. The average Bonchev–Trinajstić information content (AvgIpc) is 3.21. The summed E-state index contributed by atoms with van der Waals surface area (Å²) in [4.78, 5) is 13.3. The van der Waals surface area contributed by atoms with E-state index in [0.717, 1.165) is 16.2 Å². The Morgan fingerprint density at radius 1 is 1.35 bits per heavy atom. The number of alkyl halides is 3. The van der Waals surface area contributed by atoms with Gasteiger partial charge in [-0.25, -0.2) is 4.68 Å². The molecule has 0 unspecified atom stereocenters. The van der Waals surface area contributed by atoms with E-state index in [-0.39, 0.29) is 0 Å². The number of nitrogens with zero attached hydrogens (tertiary/aromatic N) is 3. The van der Waals surface area contributed by atoms with E-state index in [1.807, 2.05) is 31.2 Å². The molecule has 0 spiro atoms. The summed E-state index contributed by atoms with van der Waals surface area (Å²) in [5.74, 6) is -1.23. The molecule has 26 heavy (non-hydrogen) atoms. The summed E-state index contributed by atoms with van der Waals surface area (Å²) in [5, 5.41) is 4.32. The van der Waals surface area contributed by atoms with Crippen molar-refractivity contribution in [1.82, 2.24) is 14.7 Å². The van der Waals surface area contributed by atoms with Crippen molar-refractivity contribution in [3.05, 3.63) is 47.8 Å². The molecule has 8 heteroatoms. The Kier molecular flexibility index (Phi) is 5.04. The molecule has 0 radical (unpaired) electrons. The van der Waals surface area contributed by atoms with E-state index in [1.54, 1.807) is 16.9 Å². The smallest absolute Gasteiger partial charge is 0.371 e. The Labute approximate surface area is 149 Å². The summed E-state index contributed by atoms with van der Waals surface area (Å²) in [5.41, 5.74) is 2.50. The molecule has 0 aliphatic carbocycles. The molecular weight excluding hydrogens is 347 g/mol. The fraction of sp³-hybridized carbons (Fsp3) is 0.444. The number of hydrogen-bond acceptors (Lipinski definition) is 3. The SMILES string of the molecule is Cc1ccccc1-n1nccc1[C@H]1OCC[C@@H]1C(=O)N(C)CC(F)(F)F. The maximum Gasteiger partial charge on any atom is 0.406 e. The molecule has 2 heterocycles. The topological polar surface area (TPSA) is 47.4 Å². The molecule has 0 bridgehead atoms. The van der Waals surface area contributed by atoms with Crippen LogP contribution in [0.2, 0.25) is 0 Å². The normalized spacial score (nSPS) is 20.3.